The molecule has 0 saturated heterocycles. The van der Waals surface area contributed by atoms with Gasteiger partial charge in [0.2, 0.25) is 0 Å². The molecule has 2 atom stereocenters. The monoisotopic (exact) mass is 346 g/mol. The first-order chi connectivity index (χ1) is 11.1. The summed E-state index contributed by atoms with van der Waals surface area (Å²) in [6.45, 7) is 14.8. The van der Waals surface area contributed by atoms with Crippen molar-refractivity contribution in [3.05, 3.63) is 39.8 Å². The summed E-state index contributed by atoms with van der Waals surface area (Å²) in [7, 11) is -1.38. The Kier molecular flexibility index (Phi) is 5.85. The lowest BCUT2D eigenvalue weighted by Crippen LogP contribution is -2.14. The molecule has 0 saturated carbocycles. The molecule has 0 aromatic heterocycles. The smallest absolute Gasteiger partial charge is 0.174 e. The van der Waals surface area contributed by atoms with Crippen molar-refractivity contribution in [1.29, 1.82) is 0 Å². The van der Waals surface area contributed by atoms with Crippen molar-refractivity contribution in [2.24, 2.45) is 5.92 Å². The van der Waals surface area contributed by atoms with Crippen molar-refractivity contribution in [2.75, 3.05) is 0 Å². The van der Waals surface area contributed by atoms with Gasteiger partial charge in [0.15, 0.2) is 5.78 Å². The van der Waals surface area contributed by atoms with Gasteiger partial charge >= 0.3 is 0 Å². The van der Waals surface area contributed by atoms with Crippen LogP contribution in [0.15, 0.2) is 28.0 Å². The van der Waals surface area contributed by atoms with Gasteiger partial charge in [0, 0.05) is 5.92 Å². The highest BCUT2D eigenvalue weighted by molar-refractivity contribution is 7.90. The quantitative estimate of drug-likeness (QED) is 0.689. The van der Waals surface area contributed by atoms with E-state index >= 15 is 0 Å². The third-order valence-corrected chi connectivity index (χ3v) is 6.42. The van der Waals surface area contributed by atoms with Gasteiger partial charge in [-0.05, 0) is 40.9 Å². The Morgan fingerprint density at radius 1 is 0.958 bits per heavy atom. The minimum absolute atomic E-state index is 0.0381. The van der Waals surface area contributed by atoms with Crippen molar-refractivity contribution >= 4 is 16.6 Å². The van der Waals surface area contributed by atoms with Crippen LogP contribution < -0.4 is 0 Å². The van der Waals surface area contributed by atoms with Gasteiger partial charge < -0.3 is 0 Å². The van der Waals surface area contributed by atoms with Gasteiger partial charge in [-0.25, -0.2) is 4.21 Å². The highest BCUT2D eigenvalue weighted by Crippen LogP contribution is 2.37. The molecule has 3 heteroatoms. The largest absolute Gasteiger partial charge is 0.293 e. The second kappa shape index (κ2) is 7.35. The molecule has 0 radical (unpaired) electrons. The average molecular weight is 347 g/mol. The number of carbonyl (C=O) groups is 1. The van der Waals surface area contributed by atoms with Crippen molar-refractivity contribution in [3.63, 3.8) is 0 Å². The molecule has 1 aliphatic rings. The van der Waals surface area contributed by atoms with Crippen LogP contribution in [0.5, 0.6) is 0 Å². The molecule has 1 aromatic rings. The van der Waals surface area contributed by atoms with E-state index in [0.29, 0.717) is 17.2 Å². The summed E-state index contributed by atoms with van der Waals surface area (Å²) in [5, 5.41) is 0. The zero-order chi connectivity index (χ0) is 18.2. The number of carbonyl (C=O) groups excluding carboxylic acids is 1. The zero-order valence-corrected chi connectivity index (χ0v) is 16.8. The molecule has 0 amide bonds. The third-order valence-electron chi connectivity index (χ3n) is 4.81. The molecule has 0 fully saturated rings. The second-order valence-corrected chi connectivity index (χ2v) is 9.22. The van der Waals surface area contributed by atoms with Crippen LogP contribution in [0.3, 0.4) is 0 Å². The number of rotatable bonds is 5. The van der Waals surface area contributed by atoms with Gasteiger partial charge in [0.05, 0.1) is 20.6 Å². The predicted molar refractivity (Wildman–Crippen MR) is 102 cm³/mol. The van der Waals surface area contributed by atoms with Crippen molar-refractivity contribution in [3.8, 4) is 0 Å². The molecule has 2 nitrogen and oxygen atoms in total. The topological polar surface area (TPSA) is 34.1 Å². The molecule has 0 bridgehead atoms. The van der Waals surface area contributed by atoms with Crippen LogP contribution in [0, 0.1) is 5.92 Å². The molecule has 132 valence electrons. The fourth-order valence-corrected chi connectivity index (χ4v) is 4.98. The minimum atomic E-state index is -1.38. The normalized spacial score (nSPS) is 19.5. The van der Waals surface area contributed by atoms with E-state index in [9.17, 15) is 9.00 Å². The molecule has 0 N–H and O–H groups in total. The van der Waals surface area contributed by atoms with Crippen LogP contribution >= 0.6 is 0 Å². The van der Waals surface area contributed by atoms with Crippen LogP contribution in [0.25, 0.3) is 0 Å². The number of Topliss-reactive ketones (excluding diaryl/α,β-unsaturated/α-hetero) is 1. The first kappa shape index (κ1) is 19.1. The lowest BCUT2D eigenvalue weighted by atomic mass is 9.89. The van der Waals surface area contributed by atoms with Gasteiger partial charge in [0.1, 0.15) is 0 Å². The van der Waals surface area contributed by atoms with Crippen LogP contribution in [-0.2, 0) is 15.6 Å². The fourth-order valence-electron chi connectivity index (χ4n) is 3.11. The van der Waals surface area contributed by atoms with E-state index < -0.39 is 10.8 Å². The molecular formula is C21H30O2S. The summed E-state index contributed by atoms with van der Waals surface area (Å²) in [6.07, 6.45) is 2.59. The summed E-state index contributed by atoms with van der Waals surface area (Å²) >= 11 is 0. The second-order valence-electron chi connectivity index (χ2n) is 7.83. The van der Waals surface area contributed by atoms with E-state index in [1.165, 1.54) is 5.56 Å². The van der Waals surface area contributed by atoms with Crippen molar-refractivity contribution in [2.45, 2.75) is 77.5 Å². The van der Waals surface area contributed by atoms with Crippen LogP contribution in [-0.4, -0.2) is 9.99 Å². The summed E-state index contributed by atoms with van der Waals surface area (Å²) in [5.74, 6) is 0.980. The summed E-state index contributed by atoms with van der Waals surface area (Å²) in [6, 6.07) is 4.38. The summed E-state index contributed by atoms with van der Waals surface area (Å²) in [4.78, 5) is 13.8. The standard InChI is InChI=1S/C21H30O2S/c1-12(2)16-10-17(13(3)4)21(18(11-16)14(5)6)24(23)19-9-8-15(7)20(19)22/h9-15H,8H2,1-7H3/t15-,24+/m0/s1. The van der Waals surface area contributed by atoms with E-state index in [1.54, 1.807) is 0 Å². The van der Waals surface area contributed by atoms with Gasteiger partial charge in [-0.3, -0.25) is 4.79 Å². The maximum atomic E-state index is 13.4. The number of hydrogen-bond donors (Lipinski definition) is 0. The molecule has 2 rings (SSSR count). The Balaban J connectivity index is 2.67. The van der Waals surface area contributed by atoms with Crippen LogP contribution in [0.2, 0.25) is 0 Å². The molecule has 1 aliphatic carbocycles. The molecule has 24 heavy (non-hydrogen) atoms. The lowest BCUT2D eigenvalue weighted by Gasteiger charge is -2.22. The number of ketones is 1. The minimum Gasteiger partial charge on any atom is -0.293 e. The Morgan fingerprint density at radius 3 is 1.79 bits per heavy atom. The highest BCUT2D eigenvalue weighted by Gasteiger charge is 2.31. The number of benzene rings is 1. The molecule has 1 aromatic carbocycles. The molecule has 0 unspecified atom stereocenters. The SMILES string of the molecule is CC(C)c1cc(C(C)C)c([S@](=O)C2=CC[C@H](C)C2=O)c(C(C)C)c1. The van der Waals surface area contributed by atoms with Crippen molar-refractivity contribution < 1.29 is 9.00 Å². The first-order valence-electron chi connectivity index (χ1n) is 8.99. The van der Waals surface area contributed by atoms with Crippen molar-refractivity contribution in [1.82, 2.24) is 0 Å². The van der Waals surface area contributed by atoms with Gasteiger partial charge in [-0.1, -0.05) is 66.7 Å². The average Bonchev–Trinajstić information content (AvgIpc) is 2.84. The molecular weight excluding hydrogens is 316 g/mol. The Morgan fingerprint density at radius 2 is 1.46 bits per heavy atom. The van der Waals surface area contributed by atoms with Crippen LogP contribution in [0.1, 0.15) is 89.3 Å². The molecule has 0 heterocycles. The zero-order valence-electron chi connectivity index (χ0n) is 16.0. The van der Waals surface area contributed by atoms with E-state index in [-0.39, 0.29) is 23.5 Å². The number of hydrogen-bond acceptors (Lipinski definition) is 2. The maximum Gasteiger partial charge on any atom is 0.174 e. The predicted octanol–water partition coefficient (Wildman–Crippen LogP) is 5.66. The lowest BCUT2D eigenvalue weighted by molar-refractivity contribution is -0.117. The third kappa shape index (κ3) is 3.56. The van der Waals surface area contributed by atoms with Crippen LogP contribution in [0.4, 0.5) is 0 Å². The number of allylic oxidation sites excluding steroid dienone is 2. The van der Waals surface area contributed by atoms with Gasteiger partial charge in [0.25, 0.3) is 0 Å². The Bertz CT molecular complexity index is 667. The Hall–Kier alpha value is -1.22. The highest BCUT2D eigenvalue weighted by atomic mass is 32.2. The molecule has 0 spiro atoms. The van der Waals surface area contributed by atoms with E-state index in [4.69, 9.17) is 0 Å². The van der Waals surface area contributed by atoms with E-state index in [2.05, 4.69) is 53.7 Å². The first-order valence-corrected chi connectivity index (χ1v) is 10.1. The summed E-state index contributed by atoms with van der Waals surface area (Å²) < 4.78 is 13.4. The van der Waals surface area contributed by atoms with E-state index in [0.717, 1.165) is 16.0 Å². The fraction of sp³-hybridized carbons (Fsp3) is 0.571. The van der Waals surface area contributed by atoms with Gasteiger partial charge in [-0.15, -0.1) is 0 Å². The van der Waals surface area contributed by atoms with Gasteiger partial charge in [-0.2, -0.15) is 0 Å². The molecule has 0 aliphatic heterocycles. The maximum absolute atomic E-state index is 13.4. The summed E-state index contributed by atoms with van der Waals surface area (Å²) in [5.41, 5.74) is 3.52. The van der Waals surface area contributed by atoms with E-state index in [1.807, 2.05) is 13.0 Å². The Labute approximate surface area is 149 Å².